The number of Topliss-reactive ketones (excluding diaryl/α,β-unsaturated/α-hetero) is 1. The fourth-order valence-electron chi connectivity index (χ4n) is 3.46. The lowest BCUT2D eigenvalue weighted by Gasteiger charge is -2.22. The summed E-state index contributed by atoms with van der Waals surface area (Å²) in [6.07, 6.45) is 8.07. The molecule has 0 unspecified atom stereocenters. The summed E-state index contributed by atoms with van der Waals surface area (Å²) in [6.45, 7) is 2.18. The standard InChI is InChI=1S/C21H24O2/c1-2-3-5-12-19-18(14-13-17-10-6-4-7-11-17)20(22)21(23-19)15-8-9-16-21/h4,6-7,10-11H,2-3,5,8-9,12,15-16H2,1H3. The molecular weight excluding hydrogens is 284 g/mol. The average Bonchev–Trinajstić information content (AvgIpc) is 3.14. The minimum Gasteiger partial charge on any atom is -0.482 e. The van der Waals surface area contributed by atoms with Gasteiger partial charge in [-0.1, -0.05) is 49.8 Å². The average molecular weight is 308 g/mol. The molecule has 2 aliphatic rings. The third kappa shape index (κ3) is 3.34. The molecule has 0 bridgehead atoms. The Labute approximate surface area is 138 Å². The number of hydrogen-bond acceptors (Lipinski definition) is 2. The number of allylic oxidation sites excluding steroid dienone is 1. The van der Waals surface area contributed by atoms with Crippen molar-refractivity contribution < 1.29 is 9.53 Å². The SMILES string of the molecule is CCCCCC1=C(C#Cc2ccccc2)C(=O)C2(CCCC2)O1. The Hall–Kier alpha value is -2.01. The van der Waals surface area contributed by atoms with E-state index in [9.17, 15) is 4.79 Å². The molecule has 0 aromatic heterocycles. The van der Waals surface area contributed by atoms with E-state index in [0.29, 0.717) is 5.57 Å². The van der Waals surface area contributed by atoms with E-state index < -0.39 is 5.60 Å². The number of carbonyl (C=O) groups is 1. The molecule has 0 amide bonds. The summed E-state index contributed by atoms with van der Waals surface area (Å²) in [5, 5.41) is 0. The number of hydrogen-bond donors (Lipinski definition) is 0. The van der Waals surface area contributed by atoms with Crippen LogP contribution in [0.1, 0.15) is 63.9 Å². The predicted molar refractivity (Wildman–Crippen MR) is 91.8 cm³/mol. The summed E-state index contributed by atoms with van der Waals surface area (Å²) in [6, 6.07) is 9.84. The Morgan fingerprint density at radius 2 is 1.83 bits per heavy atom. The van der Waals surface area contributed by atoms with Gasteiger partial charge in [0, 0.05) is 12.0 Å². The lowest BCUT2D eigenvalue weighted by atomic mass is 9.93. The lowest BCUT2D eigenvalue weighted by Crippen LogP contribution is -2.33. The van der Waals surface area contributed by atoms with Crippen molar-refractivity contribution in [2.75, 3.05) is 0 Å². The molecule has 120 valence electrons. The number of rotatable bonds is 4. The molecule has 2 nitrogen and oxygen atoms in total. The number of ether oxygens (including phenoxy) is 1. The van der Waals surface area contributed by atoms with Crippen molar-refractivity contribution in [1.82, 2.24) is 0 Å². The Morgan fingerprint density at radius 1 is 1.09 bits per heavy atom. The van der Waals surface area contributed by atoms with Crippen LogP contribution in [0.25, 0.3) is 0 Å². The molecule has 1 aliphatic carbocycles. The zero-order valence-electron chi connectivity index (χ0n) is 13.9. The van der Waals surface area contributed by atoms with E-state index in [2.05, 4.69) is 18.8 Å². The van der Waals surface area contributed by atoms with Crippen LogP contribution >= 0.6 is 0 Å². The fraction of sp³-hybridized carbons (Fsp3) is 0.476. The van der Waals surface area contributed by atoms with Crippen molar-refractivity contribution in [1.29, 1.82) is 0 Å². The molecule has 1 fully saturated rings. The second-order valence-corrected chi connectivity index (χ2v) is 6.50. The van der Waals surface area contributed by atoms with Crippen molar-refractivity contribution in [2.45, 2.75) is 63.9 Å². The highest BCUT2D eigenvalue weighted by atomic mass is 16.5. The van der Waals surface area contributed by atoms with Gasteiger partial charge in [-0.3, -0.25) is 4.79 Å². The van der Waals surface area contributed by atoms with Crippen molar-refractivity contribution in [3.8, 4) is 11.8 Å². The summed E-state index contributed by atoms with van der Waals surface area (Å²) in [7, 11) is 0. The Morgan fingerprint density at radius 3 is 2.52 bits per heavy atom. The highest BCUT2D eigenvalue weighted by Crippen LogP contribution is 2.43. The molecule has 0 saturated heterocycles. The van der Waals surface area contributed by atoms with Gasteiger partial charge in [0.1, 0.15) is 11.3 Å². The Bertz CT molecular complexity index is 652. The minimum atomic E-state index is -0.581. The highest BCUT2D eigenvalue weighted by Gasteiger charge is 2.50. The Balaban J connectivity index is 1.86. The van der Waals surface area contributed by atoms with Gasteiger partial charge in [-0.2, -0.15) is 0 Å². The molecule has 1 aromatic carbocycles. The number of unbranched alkanes of at least 4 members (excludes halogenated alkanes) is 2. The first-order valence-corrected chi connectivity index (χ1v) is 8.79. The second kappa shape index (κ2) is 7.04. The van der Waals surface area contributed by atoms with E-state index in [1.54, 1.807) is 0 Å². The van der Waals surface area contributed by atoms with Gasteiger partial charge in [0.2, 0.25) is 5.78 Å². The zero-order valence-corrected chi connectivity index (χ0v) is 13.9. The van der Waals surface area contributed by atoms with Gasteiger partial charge in [0.25, 0.3) is 0 Å². The van der Waals surface area contributed by atoms with Gasteiger partial charge in [-0.15, -0.1) is 0 Å². The summed E-state index contributed by atoms with van der Waals surface area (Å²) >= 11 is 0. The van der Waals surface area contributed by atoms with E-state index in [-0.39, 0.29) is 5.78 Å². The molecule has 1 spiro atoms. The van der Waals surface area contributed by atoms with E-state index in [1.165, 1.54) is 0 Å². The third-order valence-corrected chi connectivity index (χ3v) is 4.76. The monoisotopic (exact) mass is 308 g/mol. The summed E-state index contributed by atoms with van der Waals surface area (Å²) < 4.78 is 6.20. The quantitative estimate of drug-likeness (QED) is 0.591. The maximum Gasteiger partial charge on any atom is 0.218 e. The molecule has 1 saturated carbocycles. The summed E-state index contributed by atoms with van der Waals surface area (Å²) in [5.41, 5.74) is 0.988. The van der Waals surface area contributed by atoms with Crippen LogP contribution in [0.2, 0.25) is 0 Å². The van der Waals surface area contributed by atoms with Gasteiger partial charge >= 0.3 is 0 Å². The maximum absolute atomic E-state index is 12.9. The lowest BCUT2D eigenvalue weighted by molar-refractivity contribution is -0.130. The van der Waals surface area contributed by atoms with Crippen molar-refractivity contribution in [3.63, 3.8) is 0 Å². The molecule has 1 heterocycles. The van der Waals surface area contributed by atoms with Crippen molar-refractivity contribution >= 4 is 5.78 Å². The summed E-state index contributed by atoms with van der Waals surface area (Å²) in [5.74, 6) is 7.24. The maximum atomic E-state index is 12.9. The van der Waals surface area contributed by atoms with E-state index in [1.807, 2.05) is 30.3 Å². The molecule has 1 aliphatic heterocycles. The van der Waals surface area contributed by atoms with E-state index in [4.69, 9.17) is 4.74 Å². The second-order valence-electron chi connectivity index (χ2n) is 6.50. The molecular formula is C21H24O2. The van der Waals surface area contributed by atoms with Crippen molar-refractivity contribution in [2.24, 2.45) is 0 Å². The van der Waals surface area contributed by atoms with Gasteiger partial charge in [-0.25, -0.2) is 0 Å². The van der Waals surface area contributed by atoms with Gasteiger partial charge in [0.15, 0.2) is 5.60 Å². The molecule has 3 rings (SSSR count). The predicted octanol–water partition coefficient (Wildman–Crippen LogP) is 4.78. The molecule has 0 atom stereocenters. The third-order valence-electron chi connectivity index (χ3n) is 4.76. The number of carbonyl (C=O) groups excluding carboxylic acids is 1. The van der Waals surface area contributed by atoms with Crippen LogP contribution in [-0.4, -0.2) is 11.4 Å². The van der Waals surface area contributed by atoms with Crippen LogP contribution < -0.4 is 0 Å². The van der Waals surface area contributed by atoms with Crippen LogP contribution in [-0.2, 0) is 9.53 Å². The minimum absolute atomic E-state index is 0.130. The fourth-order valence-corrected chi connectivity index (χ4v) is 3.46. The van der Waals surface area contributed by atoms with Crippen LogP contribution in [0.5, 0.6) is 0 Å². The van der Waals surface area contributed by atoms with E-state index >= 15 is 0 Å². The highest BCUT2D eigenvalue weighted by molar-refractivity contribution is 6.08. The summed E-state index contributed by atoms with van der Waals surface area (Å²) in [4.78, 5) is 12.9. The molecule has 23 heavy (non-hydrogen) atoms. The van der Waals surface area contributed by atoms with Crippen LogP contribution in [0, 0.1) is 11.8 Å². The van der Waals surface area contributed by atoms with E-state index in [0.717, 1.165) is 62.7 Å². The van der Waals surface area contributed by atoms with Crippen molar-refractivity contribution in [3.05, 3.63) is 47.2 Å². The first-order valence-electron chi connectivity index (χ1n) is 8.79. The first-order chi connectivity index (χ1) is 11.2. The molecule has 1 aromatic rings. The normalized spacial score (nSPS) is 18.9. The number of ketones is 1. The van der Waals surface area contributed by atoms with Gasteiger partial charge in [-0.05, 0) is 44.2 Å². The van der Waals surface area contributed by atoms with Crippen LogP contribution in [0.3, 0.4) is 0 Å². The number of benzene rings is 1. The largest absolute Gasteiger partial charge is 0.482 e. The Kier molecular flexibility index (Phi) is 4.86. The first kappa shape index (κ1) is 15.9. The van der Waals surface area contributed by atoms with Crippen LogP contribution in [0.4, 0.5) is 0 Å². The molecule has 2 heteroatoms. The smallest absolute Gasteiger partial charge is 0.218 e. The van der Waals surface area contributed by atoms with Gasteiger partial charge in [0.05, 0.1) is 0 Å². The zero-order chi connectivity index (χ0) is 16.1. The van der Waals surface area contributed by atoms with Crippen LogP contribution in [0.15, 0.2) is 41.7 Å². The topological polar surface area (TPSA) is 26.3 Å². The van der Waals surface area contributed by atoms with Gasteiger partial charge < -0.3 is 4.74 Å². The molecule has 0 N–H and O–H groups in total. The molecule has 0 radical (unpaired) electrons.